The number of aromatic amines is 1. The molecule has 5 nitrogen and oxygen atoms in total. The van der Waals surface area contributed by atoms with Gasteiger partial charge in [-0.15, -0.1) is 0 Å². The van der Waals surface area contributed by atoms with E-state index in [1.165, 1.54) is 5.56 Å². The number of aryl methyl sites for hydroxylation is 2. The first-order valence-electron chi connectivity index (χ1n) is 5.72. The van der Waals surface area contributed by atoms with Crippen molar-refractivity contribution in [1.29, 1.82) is 0 Å². The molecule has 0 fully saturated rings. The zero-order valence-corrected chi connectivity index (χ0v) is 10.4. The van der Waals surface area contributed by atoms with Crippen LogP contribution in [0, 0.1) is 13.8 Å². The summed E-state index contributed by atoms with van der Waals surface area (Å²) in [7, 11) is 0. The Kier molecular flexibility index (Phi) is 3.43. The highest BCUT2D eigenvalue weighted by Gasteiger charge is 2.08. The lowest BCUT2D eigenvalue weighted by molar-refractivity contribution is 0.972. The maximum Gasteiger partial charge on any atom is 0.256 e. The third kappa shape index (κ3) is 2.57. The first-order valence-corrected chi connectivity index (χ1v) is 5.72. The van der Waals surface area contributed by atoms with Crippen LogP contribution in [0.25, 0.3) is 0 Å². The third-order valence-corrected chi connectivity index (χ3v) is 2.86. The lowest BCUT2D eigenvalue weighted by Gasteiger charge is -2.07. The maximum atomic E-state index is 11.9. The Morgan fingerprint density at radius 2 is 1.94 bits per heavy atom. The molecule has 0 saturated heterocycles. The van der Waals surface area contributed by atoms with Gasteiger partial charge in [0.05, 0.1) is 5.69 Å². The maximum absolute atomic E-state index is 11.9. The summed E-state index contributed by atoms with van der Waals surface area (Å²) in [5.74, 6) is 5.51. The Morgan fingerprint density at radius 1 is 1.28 bits per heavy atom. The molecule has 0 unspecified atom stereocenters. The van der Waals surface area contributed by atoms with Crippen LogP contribution < -0.4 is 16.8 Å². The van der Waals surface area contributed by atoms with E-state index in [4.69, 9.17) is 5.84 Å². The lowest BCUT2D eigenvalue weighted by atomic mass is 10.0. The van der Waals surface area contributed by atoms with Gasteiger partial charge >= 0.3 is 0 Å². The minimum atomic E-state index is -0.156. The first-order chi connectivity index (χ1) is 8.60. The van der Waals surface area contributed by atoms with Crippen LogP contribution in [0.3, 0.4) is 0 Å². The smallest absolute Gasteiger partial charge is 0.256 e. The molecule has 0 amide bonds. The van der Waals surface area contributed by atoms with Crippen molar-refractivity contribution in [2.75, 3.05) is 5.43 Å². The van der Waals surface area contributed by atoms with Crippen molar-refractivity contribution in [3.8, 4) is 0 Å². The van der Waals surface area contributed by atoms with Crippen molar-refractivity contribution in [3.05, 3.63) is 57.0 Å². The van der Waals surface area contributed by atoms with Gasteiger partial charge in [0.15, 0.2) is 0 Å². The molecule has 94 valence electrons. The van der Waals surface area contributed by atoms with E-state index in [-0.39, 0.29) is 11.5 Å². The number of nitrogens with zero attached hydrogens (tertiary/aromatic N) is 1. The molecule has 0 bridgehead atoms. The molecule has 1 aromatic heterocycles. The zero-order chi connectivity index (χ0) is 13.1. The molecule has 0 aliphatic rings. The summed E-state index contributed by atoms with van der Waals surface area (Å²) in [5, 5.41) is 0. The van der Waals surface area contributed by atoms with Crippen LogP contribution in [-0.2, 0) is 6.42 Å². The van der Waals surface area contributed by atoms with Crippen molar-refractivity contribution >= 4 is 5.95 Å². The van der Waals surface area contributed by atoms with E-state index in [0.717, 1.165) is 5.56 Å². The fourth-order valence-corrected chi connectivity index (χ4v) is 1.80. The Bertz CT molecular complexity index is 601. The molecule has 2 rings (SSSR count). The van der Waals surface area contributed by atoms with Crippen molar-refractivity contribution in [3.63, 3.8) is 0 Å². The fraction of sp³-hybridized carbons (Fsp3) is 0.231. The monoisotopic (exact) mass is 244 g/mol. The Morgan fingerprint density at radius 3 is 2.50 bits per heavy atom. The SMILES string of the molecule is Cc1ccc(Cc2c(C)nc(NN)[nH]c2=O)cc1. The van der Waals surface area contributed by atoms with Gasteiger partial charge in [-0.25, -0.2) is 10.8 Å². The van der Waals surface area contributed by atoms with Gasteiger partial charge in [0.25, 0.3) is 5.56 Å². The molecule has 5 heteroatoms. The summed E-state index contributed by atoms with van der Waals surface area (Å²) in [6.07, 6.45) is 0.569. The van der Waals surface area contributed by atoms with Crippen LogP contribution in [0.1, 0.15) is 22.4 Å². The molecule has 0 spiro atoms. The molecule has 0 saturated carbocycles. The number of aromatic nitrogens is 2. The van der Waals surface area contributed by atoms with E-state index in [2.05, 4.69) is 15.4 Å². The summed E-state index contributed by atoms with van der Waals surface area (Å²) < 4.78 is 0. The number of nitrogens with two attached hydrogens (primary N) is 1. The van der Waals surface area contributed by atoms with Crippen LogP contribution in [0.5, 0.6) is 0 Å². The minimum Gasteiger partial charge on any atom is -0.294 e. The highest BCUT2D eigenvalue weighted by molar-refractivity contribution is 5.32. The van der Waals surface area contributed by atoms with Gasteiger partial charge in [0.2, 0.25) is 5.95 Å². The van der Waals surface area contributed by atoms with Gasteiger partial charge in [-0.2, -0.15) is 0 Å². The highest BCUT2D eigenvalue weighted by atomic mass is 16.1. The van der Waals surface area contributed by atoms with Crippen LogP contribution in [0.4, 0.5) is 5.95 Å². The Labute approximate surface area is 105 Å². The van der Waals surface area contributed by atoms with Gasteiger partial charge < -0.3 is 0 Å². The standard InChI is InChI=1S/C13H16N4O/c1-8-3-5-10(6-4-8)7-11-9(2)15-13(17-14)16-12(11)18/h3-6H,7,14H2,1-2H3,(H2,15,16,17,18). The second kappa shape index (κ2) is 5.01. The molecule has 0 radical (unpaired) electrons. The van der Waals surface area contributed by atoms with E-state index in [1.54, 1.807) is 6.92 Å². The van der Waals surface area contributed by atoms with Crippen molar-refractivity contribution in [2.24, 2.45) is 5.84 Å². The Hall–Kier alpha value is -2.14. The van der Waals surface area contributed by atoms with Crippen LogP contribution in [-0.4, -0.2) is 9.97 Å². The van der Waals surface area contributed by atoms with Gasteiger partial charge in [-0.05, 0) is 19.4 Å². The summed E-state index contributed by atoms with van der Waals surface area (Å²) >= 11 is 0. The second-order valence-electron chi connectivity index (χ2n) is 4.29. The normalized spacial score (nSPS) is 10.4. The van der Waals surface area contributed by atoms with Crippen LogP contribution >= 0.6 is 0 Å². The van der Waals surface area contributed by atoms with Crippen LogP contribution in [0.2, 0.25) is 0 Å². The predicted octanol–water partition coefficient (Wildman–Crippen LogP) is 1.26. The molecule has 0 aliphatic carbocycles. The van der Waals surface area contributed by atoms with Gasteiger partial charge in [-0.1, -0.05) is 29.8 Å². The topological polar surface area (TPSA) is 83.8 Å². The number of anilines is 1. The van der Waals surface area contributed by atoms with Crippen molar-refractivity contribution < 1.29 is 0 Å². The number of rotatable bonds is 3. The van der Waals surface area contributed by atoms with E-state index in [0.29, 0.717) is 17.7 Å². The molecule has 18 heavy (non-hydrogen) atoms. The highest BCUT2D eigenvalue weighted by Crippen LogP contribution is 2.10. The van der Waals surface area contributed by atoms with Crippen molar-refractivity contribution in [2.45, 2.75) is 20.3 Å². The van der Waals surface area contributed by atoms with Gasteiger partial charge in [-0.3, -0.25) is 15.2 Å². The number of hydrogen-bond acceptors (Lipinski definition) is 4. The summed E-state index contributed by atoms with van der Waals surface area (Å²) in [4.78, 5) is 18.7. The molecule has 1 aromatic carbocycles. The molecule has 2 aromatic rings. The number of hydrazine groups is 1. The average Bonchev–Trinajstić information content (AvgIpc) is 2.35. The quantitative estimate of drug-likeness (QED) is 0.560. The van der Waals surface area contributed by atoms with Crippen LogP contribution in [0.15, 0.2) is 29.1 Å². The number of H-pyrrole nitrogens is 1. The third-order valence-electron chi connectivity index (χ3n) is 2.86. The van der Waals surface area contributed by atoms with Gasteiger partial charge in [0.1, 0.15) is 0 Å². The summed E-state index contributed by atoms with van der Waals surface area (Å²) in [5.41, 5.74) is 5.82. The minimum absolute atomic E-state index is 0.156. The summed E-state index contributed by atoms with van der Waals surface area (Å²) in [6.45, 7) is 3.84. The summed E-state index contributed by atoms with van der Waals surface area (Å²) in [6, 6.07) is 8.09. The van der Waals surface area contributed by atoms with E-state index in [9.17, 15) is 4.79 Å². The predicted molar refractivity (Wildman–Crippen MR) is 71.4 cm³/mol. The molecule has 0 atom stereocenters. The van der Waals surface area contributed by atoms with Gasteiger partial charge in [0, 0.05) is 12.0 Å². The average molecular weight is 244 g/mol. The number of nitrogen functional groups attached to an aromatic ring is 1. The molecule has 0 aliphatic heterocycles. The number of hydrogen-bond donors (Lipinski definition) is 3. The fourth-order valence-electron chi connectivity index (χ4n) is 1.80. The largest absolute Gasteiger partial charge is 0.294 e. The lowest BCUT2D eigenvalue weighted by Crippen LogP contribution is -2.21. The molecular formula is C13H16N4O. The Balaban J connectivity index is 2.35. The molecule has 4 N–H and O–H groups in total. The molecule has 1 heterocycles. The number of nitrogens with one attached hydrogen (secondary N) is 2. The molecular weight excluding hydrogens is 228 g/mol. The second-order valence-corrected chi connectivity index (χ2v) is 4.29. The van der Waals surface area contributed by atoms with E-state index in [1.807, 2.05) is 31.2 Å². The van der Waals surface area contributed by atoms with E-state index >= 15 is 0 Å². The van der Waals surface area contributed by atoms with Crippen molar-refractivity contribution in [1.82, 2.24) is 9.97 Å². The first kappa shape index (κ1) is 12.3. The van der Waals surface area contributed by atoms with E-state index < -0.39 is 0 Å². The zero-order valence-electron chi connectivity index (χ0n) is 10.4. The number of benzene rings is 1.